The third kappa shape index (κ3) is 5.00. The van der Waals surface area contributed by atoms with Crippen molar-refractivity contribution in [2.75, 3.05) is 4.90 Å². The van der Waals surface area contributed by atoms with E-state index in [-0.39, 0.29) is 17.3 Å². The molecular weight excluding hydrogens is 502 g/mol. The molecule has 3 aromatic carbocycles. The summed E-state index contributed by atoms with van der Waals surface area (Å²) in [5, 5.41) is 11.8. The fraction of sp³-hybridized carbons (Fsp3) is 0.0400. The molecule has 1 saturated heterocycles. The molecule has 1 heterocycles. The number of amides is 2. The first-order valence-corrected chi connectivity index (χ1v) is 11.0. The van der Waals surface area contributed by atoms with Gasteiger partial charge in [0.05, 0.1) is 17.3 Å². The molecule has 0 radical (unpaired) electrons. The second-order valence-corrected chi connectivity index (χ2v) is 8.36. The van der Waals surface area contributed by atoms with E-state index in [0.29, 0.717) is 22.6 Å². The topological polar surface area (TPSA) is 82.4 Å². The third-order valence-corrected chi connectivity index (χ3v) is 5.72. The Morgan fingerprint density at radius 1 is 1.03 bits per heavy atom. The van der Waals surface area contributed by atoms with Crippen LogP contribution in [0, 0.1) is 11.3 Å². The van der Waals surface area contributed by atoms with E-state index >= 15 is 0 Å². The molecular formula is C25H16BrN3O3S. The highest BCUT2D eigenvalue weighted by atomic mass is 79.9. The van der Waals surface area contributed by atoms with Crippen LogP contribution in [-0.4, -0.2) is 16.9 Å². The first-order chi connectivity index (χ1) is 16.0. The number of hydrogen-bond donors (Lipinski definition) is 1. The van der Waals surface area contributed by atoms with E-state index in [1.165, 1.54) is 11.0 Å². The van der Waals surface area contributed by atoms with Gasteiger partial charge in [0.2, 0.25) is 0 Å². The summed E-state index contributed by atoms with van der Waals surface area (Å²) in [6, 6.07) is 23.4. The number of carbonyl (C=O) groups is 2. The molecule has 162 valence electrons. The molecule has 0 spiro atoms. The van der Waals surface area contributed by atoms with E-state index in [0.717, 1.165) is 10.0 Å². The zero-order valence-corrected chi connectivity index (χ0v) is 19.5. The smallest absolute Gasteiger partial charge is 0.270 e. The molecule has 0 atom stereocenters. The van der Waals surface area contributed by atoms with Crippen LogP contribution in [0.25, 0.3) is 6.08 Å². The van der Waals surface area contributed by atoms with E-state index in [1.54, 1.807) is 60.7 Å². The minimum Gasteiger partial charge on any atom is -0.489 e. The maximum atomic E-state index is 13.1. The second kappa shape index (κ2) is 9.77. The number of halogens is 1. The van der Waals surface area contributed by atoms with E-state index in [1.807, 2.05) is 12.1 Å². The largest absolute Gasteiger partial charge is 0.489 e. The Hall–Kier alpha value is -3.80. The quantitative estimate of drug-likeness (QED) is 0.300. The summed E-state index contributed by atoms with van der Waals surface area (Å²) < 4.78 is 6.63. The number of anilines is 1. The Labute approximate surface area is 204 Å². The summed E-state index contributed by atoms with van der Waals surface area (Å²) in [6.07, 6.45) is 1.51. The molecule has 6 nitrogen and oxygen atoms in total. The van der Waals surface area contributed by atoms with Gasteiger partial charge in [-0.3, -0.25) is 19.8 Å². The lowest BCUT2D eigenvalue weighted by atomic mass is 10.1. The van der Waals surface area contributed by atoms with Gasteiger partial charge in [-0.25, -0.2) is 0 Å². The maximum Gasteiger partial charge on any atom is 0.270 e. The fourth-order valence-electron chi connectivity index (χ4n) is 3.23. The van der Waals surface area contributed by atoms with Crippen molar-refractivity contribution in [1.82, 2.24) is 5.32 Å². The van der Waals surface area contributed by atoms with Crippen LogP contribution in [-0.2, 0) is 16.2 Å². The molecule has 0 unspecified atom stereocenters. The molecule has 8 heteroatoms. The average Bonchev–Trinajstić information content (AvgIpc) is 2.82. The average molecular weight is 518 g/mol. The second-order valence-electron chi connectivity index (χ2n) is 7.06. The maximum absolute atomic E-state index is 13.1. The van der Waals surface area contributed by atoms with Gasteiger partial charge in [0.15, 0.2) is 5.11 Å². The zero-order valence-electron chi connectivity index (χ0n) is 17.1. The van der Waals surface area contributed by atoms with Gasteiger partial charge in [0.1, 0.15) is 17.9 Å². The zero-order chi connectivity index (χ0) is 23.4. The Balaban J connectivity index is 1.52. The summed E-state index contributed by atoms with van der Waals surface area (Å²) in [5.74, 6) is -0.451. The van der Waals surface area contributed by atoms with Crippen LogP contribution < -0.4 is 15.0 Å². The Morgan fingerprint density at radius 2 is 1.73 bits per heavy atom. The van der Waals surface area contributed by atoms with E-state index in [4.69, 9.17) is 17.0 Å². The lowest BCUT2D eigenvalue weighted by Crippen LogP contribution is -2.54. The van der Waals surface area contributed by atoms with Crippen LogP contribution in [0.4, 0.5) is 5.69 Å². The standard InChI is InChI=1S/C25H16BrN3O3S/c26-19-7-9-20(10-8-19)29-24(31)22(23(30)28-25(29)33)13-16-5-11-21(12-6-16)32-15-18-4-2-1-3-17(18)14-27/h1-13H,15H2,(H,28,30,33)/b22-13+. The molecule has 1 aliphatic rings. The van der Waals surface area contributed by atoms with Crippen LogP contribution in [0.1, 0.15) is 16.7 Å². The highest BCUT2D eigenvalue weighted by Crippen LogP contribution is 2.24. The van der Waals surface area contributed by atoms with Crippen molar-refractivity contribution in [3.05, 3.63) is 99.5 Å². The van der Waals surface area contributed by atoms with Crippen molar-refractivity contribution in [1.29, 1.82) is 5.26 Å². The van der Waals surface area contributed by atoms with Gasteiger partial charge in [-0.2, -0.15) is 5.26 Å². The monoisotopic (exact) mass is 517 g/mol. The Bertz CT molecular complexity index is 1310. The van der Waals surface area contributed by atoms with Crippen LogP contribution in [0.2, 0.25) is 0 Å². The lowest BCUT2D eigenvalue weighted by molar-refractivity contribution is -0.122. The summed E-state index contributed by atoms with van der Waals surface area (Å²) >= 11 is 8.58. The SMILES string of the molecule is N#Cc1ccccc1COc1ccc(/C=C2\C(=O)NC(=S)N(c3ccc(Br)cc3)C2=O)cc1. The molecule has 1 aliphatic heterocycles. The number of nitrogens with zero attached hydrogens (tertiary/aromatic N) is 2. The van der Waals surface area contributed by atoms with Crippen LogP contribution in [0.3, 0.4) is 0 Å². The lowest BCUT2D eigenvalue weighted by Gasteiger charge is -2.29. The summed E-state index contributed by atoms with van der Waals surface area (Å²) in [5.41, 5.74) is 2.54. The molecule has 2 amide bonds. The van der Waals surface area contributed by atoms with E-state index in [2.05, 4.69) is 27.3 Å². The Kier molecular flexibility index (Phi) is 6.63. The van der Waals surface area contributed by atoms with Gasteiger partial charge in [-0.05, 0) is 66.3 Å². The Morgan fingerprint density at radius 3 is 2.42 bits per heavy atom. The number of carbonyl (C=O) groups excluding carboxylic acids is 2. The summed E-state index contributed by atoms with van der Waals surface area (Å²) in [6.45, 7) is 0.255. The van der Waals surface area contributed by atoms with Crippen LogP contribution in [0.5, 0.6) is 5.75 Å². The van der Waals surface area contributed by atoms with Gasteiger partial charge in [-0.1, -0.05) is 46.3 Å². The van der Waals surface area contributed by atoms with Gasteiger partial charge in [0, 0.05) is 10.0 Å². The van der Waals surface area contributed by atoms with Gasteiger partial charge < -0.3 is 4.74 Å². The number of ether oxygens (including phenoxy) is 1. The van der Waals surface area contributed by atoms with Crippen molar-refractivity contribution in [3.8, 4) is 11.8 Å². The number of benzene rings is 3. The molecule has 0 bridgehead atoms. The van der Waals surface area contributed by atoms with Gasteiger partial charge in [0.25, 0.3) is 11.8 Å². The fourth-order valence-corrected chi connectivity index (χ4v) is 3.77. The minimum atomic E-state index is -0.549. The van der Waals surface area contributed by atoms with E-state index in [9.17, 15) is 14.9 Å². The predicted molar refractivity (Wildman–Crippen MR) is 132 cm³/mol. The van der Waals surface area contributed by atoms with Crippen molar-refractivity contribution in [3.63, 3.8) is 0 Å². The van der Waals surface area contributed by atoms with Gasteiger partial charge >= 0.3 is 0 Å². The van der Waals surface area contributed by atoms with E-state index < -0.39 is 11.8 Å². The number of thiocarbonyl (C=S) groups is 1. The van der Waals surface area contributed by atoms with Crippen molar-refractivity contribution in [2.45, 2.75) is 6.61 Å². The predicted octanol–water partition coefficient (Wildman–Crippen LogP) is 4.73. The number of nitriles is 1. The summed E-state index contributed by atoms with van der Waals surface area (Å²) in [7, 11) is 0. The summed E-state index contributed by atoms with van der Waals surface area (Å²) in [4.78, 5) is 26.8. The minimum absolute atomic E-state index is 0.0249. The highest BCUT2D eigenvalue weighted by Gasteiger charge is 2.34. The highest BCUT2D eigenvalue weighted by molar-refractivity contribution is 9.10. The van der Waals surface area contributed by atoms with Gasteiger partial charge in [-0.15, -0.1) is 0 Å². The molecule has 0 saturated carbocycles. The van der Waals surface area contributed by atoms with Crippen LogP contribution >= 0.6 is 28.1 Å². The number of nitrogens with one attached hydrogen (secondary N) is 1. The van der Waals surface area contributed by atoms with Crippen molar-refractivity contribution >= 4 is 56.8 Å². The van der Waals surface area contributed by atoms with Crippen LogP contribution in [0.15, 0.2) is 82.8 Å². The van der Waals surface area contributed by atoms with Crippen molar-refractivity contribution < 1.29 is 14.3 Å². The first-order valence-electron chi connectivity index (χ1n) is 9.84. The normalized spacial score (nSPS) is 14.7. The first kappa shape index (κ1) is 22.4. The molecule has 1 fully saturated rings. The molecule has 3 aromatic rings. The number of hydrogen-bond acceptors (Lipinski definition) is 5. The molecule has 4 rings (SSSR count). The molecule has 33 heavy (non-hydrogen) atoms. The van der Waals surface area contributed by atoms with Crippen molar-refractivity contribution in [2.24, 2.45) is 0 Å². The third-order valence-electron chi connectivity index (χ3n) is 4.91. The molecule has 1 N–H and O–H groups in total. The number of rotatable bonds is 5. The molecule has 0 aliphatic carbocycles. The molecule has 0 aromatic heterocycles.